The molecular weight excluding hydrogens is 364 g/mol. The topological polar surface area (TPSA) is 63.2 Å². The number of nitrogens with one attached hydrogen (secondary N) is 2. The first kappa shape index (κ1) is 20.2. The van der Waals surface area contributed by atoms with E-state index >= 15 is 0 Å². The van der Waals surface area contributed by atoms with Gasteiger partial charge in [0.25, 0.3) is 5.91 Å². The van der Waals surface area contributed by atoms with Crippen molar-refractivity contribution in [3.63, 3.8) is 0 Å². The molecule has 1 saturated heterocycles. The number of anilines is 2. The maximum atomic E-state index is 13.4. The largest absolute Gasteiger partial charge is 0.381 e. The molecule has 0 unspecified atom stereocenters. The van der Waals surface area contributed by atoms with E-state index in [-0.39, 0.29) is 11.8 Å². The lowest BCUT2D eigenvalue weighted by atomic mass is 9.97. The number of pyridine rings is 1. The number of carbonyl (C=O) groups is 1. The van der Waals surface area contributed by atoms with E-state index < -0.39 is 11.6 Å². The Bertz CT molecular complexity index is 836. The molecule has 0 spiro atoms. The molecule has 1 aliphatic heterocycles. The standard InChI is InChI=1S/C21H25F2N3O2/c1-13(2)16-10-20(26-15-3-4-18(22)19(23)9-15)24-12-17(16)21(27)25-11-14-5-7-28-8-6-14/h3-4,9-10,12-14H,5-8,11H2,1-2H3,(H,24,26)(H,25,27). The van der Waals surface area contributed by atoms with Crippen LogP contribution in [0.15, 0.2) is 30.5 Å². The van der Waals surface area contributed by atoms with Gasteiger partial charge >= 0.3 is 0 Å². The number of rotatable bonds is 6. The number of hydrogen-bond acceptors (Lipinski definition) is 4. The average Bonchev–Trinajstić information content (AvgIpc) is 2.69. The van der Waals surface area contributed by atoms with Gasteiger partial charge in [-0.05, 0) is 48.4 Å². The van der Waals surface area contributed by atoms with Gasteiger partial charge in [-0.15, -0.1) is 0 Å². The van der Waals surface area contributed by atoms with Crippen molar-refractivity contribution in [3.8, 4) is 0 Å². The summed E-state index contributed by atoms with van der Waals surface area (Å²) in [6, 6.07) is 5.33. The molecule has 7 heteroatoms. The molecule has 0 bridgehead atoms. The van der Waals surface area contributed by atoms with E-state index in [0.29, 0.717) is 29.5 Å². The number of amides is 1. The highest BCUT2D eigenvalue weighted by atomic mass is 19.2. The lowest BCUT2D eigenvalue weighted by Crippen LogP contribution is -2.32. The van der Waals surface area contributed by atoms with Crippen LogP contribution in [0.25, 0.3) is 0 Å². The van der Waals surface area contributed by atoms with Gasteiger partial charge in [0.15, 0.2) is 11.6 Å². The molecule has 2 N–H and O–H groups in total. The third-order valence-electron chi connectivity index (χ3n) is 4.89. The van der Waals surface area contributed by atoms with Gasteiger partial charge in [0.1, 0.15) is 5.82 Å². The molecule has 0 aliphatic carbocycles. The molecule has 1 aromatic heterocycles. The fourth-order valence-corrected chi connectivity index (χ4v) is 3.21. The van der Waals surface area contributed by atoms with Crippen molar-refractivity contribution in [2.75, 3.05) is 25.1 Å². The second-order valence-corrected chi connectivity index (χ2v) is 7.33. The number of ether oxygens (including phenoxy) is 1. The van der Waals surface area contributed by atoms with Crippen LogP contribution in [0.2, 0.25) is 0 Å². The lowest BCUT2D eigenvalue weighted by molar-refractivity contribution is 0.0642. The van der Waals surface area contributed by atoms with Gasteiger partial charge in [0.2, 0.25) is 0 Å². The highest BCUT2D eigenvalue weighted by molar-refractivity contribution is 5.95. The molecule has 5 nitrogen and oxygen atoms in total. The summed E-state index contributed by atoms with van der Waals surface area (Å²) in [5.41, 5.74) is 1.75. The molecule has 28 heavy (non-hydrogen) atoms. The summed E-state index contributed by atoms with van der Waals surface area (Å²) in [7, 11) is 0. The molecule has 0 radical (unpaired) electrons. The fraction of sp³-hybridized carbons (Fsp3) is 0.429. The van der Waals surface area contributed by atoms with Gasteiger partial charge in [0, 0.05) is 37.7 Å². The Morgan fingerprint density at radius 1 is 1.21 bits per heavy atom. The Kier molecular flexibility index (Phi) is 6.57. The zero-order chi connectivity index (χ0) is 20.1. The van der Waals surface area contributed by atoms with E-state index in [9.17, 15) is 13.6 Å². The van der Waals surface area contributed by atoms with Gasteiger partial charge in [-0.25, -0.2) is 13.8 Å². The number of nitrogens with zero attached hydrogens (tertiary/aromatic N) is 1. The van der Waals surface area contributed by atoms with Crippen molar-refractivity contribution >= 4 is 17.4 Å². The van der Waals surface area contributed by atoms with Gasteiger partial charge in [-0.1, -0.05) is 13.8 Å². The molecule has 0 saturated carbocycles. The van der Waals surface area contributed by atoms with Crippen LogP contribution in [0.4, 0.5) is 20.3 Å². The molecule has 150 valence electrons. The van der Waals surface area contributed by atoms with E-state index in [0.717, 1.165) is 43.8 Å². The Morgan fingerprint density at radius 2 is 1.96 bits per heavy atom. The normalized spacial score (nSPS) is 14.9. The molecule has 1 amide bonds. The summed E-state index contributed by atoms with van der Waals surface area (Å²) in [5.74, 6) is -0.992. The number of carbonyl (C=O) groups excluding carboxylic acids is 1. The maximum absolute atomic E-state index is 13.4. The monoisotopic (exact) mass is 389 g/mol. The molecule has 3 rings (SSSR count). The minimum absolute atomic E-state index is 0.0948. The van der Waals surface area contributed by atoms with Crippen LogP contribution in [0, 0.1) is 17.6 Å². The highest BCUT2D eigenvalue weighted by Gasteiger charge is 2.19. The summed E-state index contributed by atoms with van der Waals surface area (Å²) in [6.07, 6.45) is 3.43. The van der Waals surface area contributed by atoms with E-state index in [1.165, 1.54) is 12.3 Å². The van der Waals surface area contributed by atoms with Crippen molar-refractivity contribution < 1.29 is 18.3 Å². The Morgan fingerprint density at radius 3 is 2.64 bits per heavy atom. The molecule has 2 aromatic rings. The van der Waals surface area contributed by atoms with E-state index in [1.807, 2.05) is 13.8 Å². The van der Waals surface area contributed by atoms with Crippen LogP contribution in [-0.2, 0) is 4.74 Å². The SMILES string of the molecule is CC(C)c1cc(Nc2ccc(F)c(F)c2)ncc1C(=O)NCC1CCOCC1. The lowest BCUT2D eigenvalue weighted by Gasteiger charge is -2.22. The number of hydrogen-bond donors (Lipinski definition) is 2. The second kappa shape index (κ2) is 9.10. The third kappa shape index (κ3) is 5.04. The van der Waals surface area contributed by atoms with Gasteiger partial charge in [-0.2, -0.15) is 0 Å². The van der Waals surface area contributed by atoms with Crippen LogP contribution in [0.3, 0.4) is 0 Å². The average molecular weight is 389 g/mol. The smallest absolute Gasteiger partial charge is 0.253 e. The summed E-state index contributed by atoms with van der Waals surface area (Å²) >= 11 is 0. The van der Waals surface area contributed by atoms with Crippen LogP contribution in [0.5, 0.6) is 0 Å². The molecule has 2 heterocycles. The van der Waals surface area contributed by atoms with Gasteiger partial charge in [-0.3, -0.25) is 4.79 Å². The zero-order valence-electron chi connectivity index (χ0n) is 16.1. The third-order valence-corrected chi connectivity index (χ3v) is 4.89. The van der Waals surface area contributed by atoms with Crippen LogP contribution in [-0.4, -0.2) is 30.6 Å². The van der Waals surface area contributed by atoms with E-state index in [4.69, 9.17) is 4.74 Å². The minimum Gasteiger partial charge on any atom is -0.381 e. The first-order chi connectivity index (χ1) is 13.4. The van der Waals surface area contributed by atoms with E-state index in [1.54, 1.807) is 6.07 Å². The van der Waals surface area contributed by atoms with Gasteiger partial charge in [0.05, 0.1) is 5.56 Å². The second-order valence-electron chi connectivity index (χ2n) is 7.33. The summed E-state index contributed by atoms with van der Waals surface area (Å²) in [5, 5.41) is 5.95. The Labute approximate surface area is 163 Å². The first-order valence-electron chi connectivity index (χ1n) is 9.52. The number of benzene rings is 1. The number of aromatic nitrogens is 1. The van der Waals surface area contributed by atoms with Crippen molar-refractivity contribution in [2.24, 2.45) is 5.92 Å². The van der Waals surface area contributed by atoms with Crippen LogP contribution >= 0.6 is 0 Å². The zero-order valence-corrected chi connectivity index (χ0v) is 16.1. The van der Waals surface area contributed by atoms with Crippen molar-refractivity contribution in [1.82, 2.24) is 10.3 Å². The minimum atomic E-state index is -0.932. The predicted octanol–water partition coefficient (Wildman–Crippen LogP) is 4.38. The Balaban J connectivity index is 1.72. The van der Waals surface area contributed by atoms with Crippen molar-refractivity contribution in [2.45, 2.75) is 32.6 Å². The van der Waals surface area contributed by atoms with Crippen molar-refractivity contribution in [3.05, 3.63) is 53.2 Å². The van der Waals surface area contributed by atoms with Crippen LogP contribution in [0.1, 0.15) is 48.5 Å². The maximum Gasteiger partial charge on any atom is 0.253 e. The summed E-state index contributed by atoms with van der Waals surface area (Å²) in [4.78, 5) is 16.9. The fourth-order valence-electron chi connectivity index (χ4n) is 3.21. The molecule has 1 fully saturated rings. The summed E-state index contributed by atoms with van der Waals surface area (Å²) < 4.78 is 31.8. The molecular formula is C21H25F2N3O2. The van der Waals surface area contributed by atoms with Gasteiger partial charge < -0.3 is 15.4 Å². The Hall–Kier alpha value is -2.54. The van der Waals surface area contributed by atoms with Crippen molar-refractivity contribution in [1.29, 1.82) is 0 Å². The predicted molar refractivity (Wildman–Crippen MR) is 104 cm³/mol. The summed E-state index contributed by atoms with van der Waals surface area (Å²) in [6.45, 7) is 6.08. The number of halogens is 2. The molecule has 1 aliphatic rings. The van der Waals surface area contributed by atoms with Crippen LogP contribution < -0.4 is 10.6 Å². The first-order valence-corrected chi connectivity index (χ1v) is 9.52. The highest BCUT2D eigenvalue weighted by Crippen LogP contribution is 2.25. The molecule has 1 aromatic carbocycles. The van der Waals surface area contributed by atoms with E-state index in [2.05, 4.69) is 15.6 Å². The quantitative estimate of drug-likeness (QED) is 0.770. The molecule has 0 atom stereocenters.